The van der Waals surface area contributed by atoms with Gasteiger partial charge in [-0.15, -0.1) is 0 Å². The first-order chi connectivity index (χ1) is 6.03. The second-order valence-corrected chi connectivity index (χ2v) is 4.35. The van der Waals surface area contributed by atoms with E-state index in [1.54, 1.807) is 0 Å². The van der Waals surface area contributed by atoms with Crippen molar-refractivity contribution in [2.24, 2.45) is 5.41 Å². The molecule has 0 aromatic heterocycles. The molecule has 0 amide bonds. The quantitative estimate of drug-likeness (QED) is 0.569. The van der Waals surface area contributed by atoms with Gasteiger partial charge in [-0.25, -0.2) is 4.79 Å². The lowest BCUT2D eigenvalue weighted by atomic mass is 9.72. The maximum Gasteiger partial charge on any atom is 0.334 e. The van der Waals surface area contributed by atoms with Crippen LogP contribution in [0.25, 0.3) is 0 Å². The molecule has 3 nitrogen and oxygen atoms in total. The fourth-order valence-electron chi connectivity index (χ4n) is 2.51. The maximum absolute atomic E-state index is 11.4. The lowest BCUT2D eigenvalue weighted by Gasteiger charge is -2.31. The minimum atomic E-state index is -0.316. The second kappa shape index (κ2) is 2.58. The van der Waals surface area contributed by atoms with Crippen LogP contribution in [0.15, 0.2) is 11.1 Å². The standard InChI is InChI=1S/C10H14O3/c1-6-3-7(11)4-10(2)5-13-9(12)8(6)10/h7,11H,3-5H2,1-2H3. The fourth-order valence-corrected chi connectivity index (χ4v) is 2.51. The Labute approximate surface area is 77.4 Å². The Balaban J connectivity index is 2.46. The number of cyclic esters (lactones) is 1. The van der Waals surface area contributed by atoms with E-state index in [-0.39, 0.29) is 17.5 Å². The summed E-state index contributed by atoms with van der Waals surface area (Å²) in [5.41, 5.74) is 1.56. The van der Waals surface area contributed by atoms with E-state index in [2.05, 4.69) is 0 Å². The number of esters is 1. The Bertz CT molecular complexity index is 293. The molecule has 1 aliphatic carbocycles. The van der Waals surface area contributed by atoms with Crippen LogP contribution in [-0.4, -0.2) is 23.8 Å². The Kier molecular flexibility index (Phi) is 1.74. The summed E-state index contributed by atoms with van der Waals surface area (Å²) in [7, 11) is 0. The van der Waals surface area contributed by atoms with E-state index in [9.17, 15) is 9.90 Å². The molecule has 2 aliphatic rings. The van der Waals surface area contributed by atoms with Crippen molar-refractivity contribution < 1.29 is 14.6 Å². The molecule has 3 heteroatoms. The Morgan fingerprint density at radius 1 is 1.62 bits per heavy atom. The number of aliphatic hydroxyl groups is 1. The summed E-state index contributed by atoms with van der Waals surface area (Å²) in [4.78, 5) is 11.4. The van der Waals surface area contributed by atoms with Gasteiger partial charge in [-0.3, -0.25) is 0 Å². The summed E-state index contributed by atoms with van der Waals surface area (Å²) < 4.78 is 5.01. The van der Waals surface area contributed by atoms with E-state index in [0.29, 0.717) is 19.4 Å². The van der Waals surface area contributed by atoms with E-state index >= 15 is 0 Å². The zero-order chi connectivity index (χ0) is 9.64. The summed E-state index contributed by atoms with van der Waals surface area (Å²) in [5, 5.41) is 9.58. The minimum absolute atomic E-state index is 0.188. The average molecular weight is 182 g/mol. The molecule has 0 bridgehead atoms. The Hall–Kier alpha value is -0.830. The van der Waals surface area contributed by atoms with Crippen LogP contribution >= 0.6 is 0 Å². The van der Waals surface area contributed by atoms with Gasteiger partial charge < -0.3 is 9.84 Å². The monoisotopic (exact) mass is 182 g/mol. The third kappa shape index (κ3) is 1.18. The number of aliphatic hydroxyl groups excluding tert-OH is 1. The van der Waals surface area contributed by atoms with Crippen molar-refractivity contribution in [3.63, 3.8) is 0 Å². The zero-order valence-corrected chi connectivity index (χ0v) is 7.96. The molecule has 0 saturated carbocycles. The van der Waals surface area contributed by atoms with Gasteiger partial charge in [0, 0.05) is 11.0 Å². The van der Waals surface area contributed by atoms with Gasteiger partial charge in [-0.05, 0) is 19.8 Å². The van der Waals surface area contributed by atoms with Gasteiger partial charge in [-0.2, -0.15) is 0 Å². The van der Waals surface area contributed by atoms with Crippen molar-refractivity contribution in [2.45, 2.75) is 32.8 Å². The maximum atomic E-state index is 11.4. The predicted octanol–water partition coefficient (Wildman–Crippen LogP) is 1.02. The highest BCUT2D eigenvalue weighted by molar-refractivity contribution is 5.93. The molecule has 0 spiro atoms. The van der Waals surface area contributed by atoms with Crippen LogP contribution in [0.2, 0.25) is 0 Å². The number of hydrogen-bond acceptors (Lipinski definition) is 3. The first-order valence-electron chi connectivity index (χ1n) is 4.58. The molecule has 2 atom stereocenters. The molecule has 1 saturated heterocycles. The van der Waals surface area contributed by atoms with Crippen molar-refractivity contribution in [1.29, 1.82) is 0 Å². The van der Waals surface area contributed by atoms with E-state index in [1.165, 1.54) is 0 Å². The molecule has 1 heterocycles. The van der Waals surface area contributed by atoms with E-state index in [1.807, 2.05) is 13.8 Å². The molecule has 1 fully saturated rings. The fraction of sp³-hybridized carbons (Fsp3) is 0.700. The van der Waals surface area contributed by atoms with Crippen molar-refractivity contribution in [1.82, 2.24) is 0 Å². The number of ether oxygens (including phenoxy) is 1. The Morgan fingerprint density at radius 2 is 2.31 bits per heavy atom. The molecule has 2 rings (SSSR count). The zero-order valence-electron chi connectivity index (χ0n) is 7.96. The number of hydrogen-bond donors (Lipinski definition) is 1. The van der Waals surface area contributed by atoms with Gasteiger partial charge in [0.15, 0.2) is 0 Å². The normalized spacial score (nSPS) is 39.0. The number of fused-ring (bicyclic) bond motifs is 1. The van der Waals surface area contributed by atoms with Crippen LogP contribution in [0.1, 0.15) is 26.7 Å². The molecule has 13 heavy (non-hydrogen) atoms. The Morgan fingerprint density at radius 3 is 3.00 bits per heavy atom. The third-order valence-electron chi connectivity index (χ3n) is 2.98. The highest BCUT2D eigenvalue weighted by Crippen LogP contribution is 2.45. The highest BCUT2D eigenvalue weighted by atomic mass is 16.5. The van der Waals surface area contributed by atoms with Crippen molar-refractivity contribution in [3.8, 4) is 0 Å². The minimum Gasteiger partial charge on any atom is -0.461 e. The first-order valence-corrected chi connectivity index (χ1v) is 4.58. The largest absolute Gasteiger partial charge is 0.461 e. The van der Waals surface area contributed by atoms with Crippen LogP contribution in [0, 0.1) is 5.41 Å². The van der Waals surface area contributed by atoms with Crippen molar-refractivity contribution >= 4 is 5.97 Å². The summed E-state index contributed by atoms with van der Waals surface area (Å²) in [6.45, 7) is 4.32. The molecule has 0 aromatic rings. The third-order valence-corrected chi connectivity index (χ3v) is 2.98. The molecule has 0 radical (unpaired) electrons. The van der Waals surface area contributed by atoms with Gasteiger partial charge in [0.25, 0.3) is 0 Å². The van der Waals surface area contributed by atoms with Crippen LogP contribution in [0.4, 0.5) is 0 Å². The first kappa shape index (κ1) is 8.75. The number of rotatable bonds is 0. The van der Waals surface area contributed by atoms with Crippen LogP contribution in [0.5, 0.6) is 0 Å². The van der Waals surface area contributed by atoms with Gasteiger partial charge in [0.2, 0.25) is 0 Å². The molecule has 1 N–H and O–H groups in total. The smallest absolute Gasteiger partial charge is 0.334 e. The summed E-state index contributed by atoms with van der Waals surface area (Å²) in [5.74, 6) is -0.188. The number of carbonyl (C=O) groups excluding carboxylic acids is 1. The van der Waals surface area contributed by atoms with Gasteiger partial charge in [0.1, 0.15) is 6.61 Å². The SMILES string of the molecule is CC1=C2C(=O)OCC2(C)CC(O)C1. The lowest BCUT2D eigenvalue weighted by Crippen LogP contribution is -2.31. The summed E-state index contributed by atoms with van der Waals surface area (Å²) >= 11 is 0. The predicted molar refractivity (Wildman–Crippen MR) is 47.0 cm³/mol. The van der Waals surface area contributed by atoms with Gasteiger partial charge in [-0.1, -0.05) is 12.5 Å². The highest BCUT2D eigenvalue weighted by Gasteiger charge is 2.46. The molecular weight excluding hydrogens is 168 g/mol. The summed E-state index contributed by atoms with van der Waals surface area (Å²) in [6, 6.07) is 0. The second-order valence-electron chi connectivity index (χ2n) is 4.35. The molecule has 1 aliphatic heterocycles. The van der Waals surface area contributed by atoms with Gasteiger partial charge >= 0.3 is 5.97 Å². The van der Waals surface area contributed by atoms with E-state index in [0.717, 1.165) is 11.1 Å². The van der Waals surface area contributed by atoms with Gasteiger partial charge in [0.05, 0.1) is 6.10 Å². The number of carbonyl (C=O) groups is 1. The van der Waals surface area contributed by atoms with E-state index < -0.39 is 0 Å². The molecule has 0 aromatic carbocycles. The van der Waals surface area contributed by atoms with Crippen LogP contribution in [0.3, 0.4) is 0 Å². The van der Waals surface area contributed by atoms with Crippen molar-refractivity contribution in [2.75, 3.05) is 6.61 Å². The molecule has 72 valence electrons. The van der Waals surface area contributed by atoms with Crippen molar-refractivity contribution in [3.05, 3.63) is 11.1 Å². The van der Waals surface area contributed by atoms with E-state index in [4.69, 9.17) is 4.74 Å². The topological polar surface area (TPSA) is 46.5 Å². The van der Waals surface area contributed by atoms with Crippen LogP contribution in [-0.2, 0) is 9.53 Å². The molecule has 2 unspecified atom stereocenters. The average Bonchev–Trinajstić information content (AvgIpc) is 2.26. The lowest BCUT2D eigenvalue weighted by molar-refractivity contribution is -0.135. The molecular formula is C10H14O3. The van der Waals surface area contributed by atoms with Crippen LogP contribution < -0.4 is 0 Å². The summed E-state index contributed by atoms with van der Waals surface area (Å²) in [6.07, 6.45) is 0.939.